The SMILES string of the molecule is N#Cc1ccc2nc3c4nc5cc(C#N)ccc5nc4c4nc5cc(C#N)ccc5nc4c3nc2c1. The summed E-state index contributed by atoms with van der Waals surface area (Å²) < 4.78 is 0. The van der Waals surface area contributed by atoms with Crippen LogP contribution in [0.1, 0.15) is 16.7 Å². The highest BCUT2D eigenvalue weighted by molar-refractivity contribution is 6.21. The molecule has 0 aliphatic heterocycles. The Hall–Kier alpha value is -5.85. The average molecular weight is 459 g/mol. The van der Waals surface area contributed by atoms with Crippen LogP contribution in [0.2, 0.25) is 0 Å². The summed E-state index contributed by atoms with van der Waals surface area (Å²) in [7, 11) is 0. The average Bonchev–Trinajstić information content (AvgIpc) is 2.93. The third-order valence-electron chi connectivity index (χ3n) is 6.05. The highest BCUT2D eigenvalue weighted by Crippen LogP contribution is 2.33. The minimum Gasteiger partial charge on any atom is -0.242 e. The van der Waals surface area contributed by atoms with Crippen LogP contribution in [-0.4, -0.2) is 29.9 Å². The van der Waals surface area contributed by atoms with Crippen molar-refractivity contribution in [3.05, 3.63) is 71.3 Å². The number of benzene rings is 4. The molecule has 0 bridgehead atoms. The predicted octanol–water partition coefficient (Wildman–Crippen LogP) is 4.59. The van der Waals surface area contributed by atoms with E-state index in [2.05, 4.69) is 18.2 Å². The number of fused-ring (bicyclic) bond motifs is 9. The lowest BCUT2D eigenvalue weighted by Crippen LogP contribution is -1.99. The maximum atomic E-state index is 9.34. The fraction of sp³-hybridized carbons (Fsp3) is 0. The summed E-state index contributed by atoms with van der Waals surface area (Å²) in [5.41, 5.74) is 7.75. The molecule has 0 fully saturated rings. The van der Waals surface area contributed by atoms with Crippen LogP contribution in [0, 0.1) is 34.0 Å². The Morgan fingerprint density at radius 2 is 0.611 bits per heavy atom. The van der Waals surface area contributed by atoms with Gasteiger partial charge in [-0.2, -0.15) is 15.8 Å². The zero-order valence-electron chi connectivity index (χ0n) is 18.2. The first-order valence-corrected chi connectivity index (χ1v) is 10.8. The van der Waals surface area contributed by atoms with Crippen LogP contribution in [0.4, 0.5) is 0 Å². The molecule has 0 saturated heterocycles. The van der Waals surface area contributed by atoms with E-state index in [0.717, 1.165) is 0 Å². The van der Waals surface area contributed by atoms with Gasteiger partial charge < -0.3 is 0 Å². The molecule has 0 spiro atoms. The van der Waals surface area contributed by atoms with Gasteiger partial charge in [-0.3, -0.25) is 0 Å². The Bertz CT molecular complexity index is 1960. The third-order valence-corrected chi connectivity index (χ3v) is 6.05. The highest BCUT2D eigenvalue weighted by Gasteiger charge is 2.19. The summed E-state index contributed by atoms with van der Waals surface area (Å²) in [6.07, 6.45) is 0. The Labute approximate surface area is 201 Å². The molecule has 4 aromatic carbocycles. The lowest BCUT2D eigenvalue weighted by Gasteiger charge is -2.10. The smallest absolute Gasteiger partial charge is 0.120 e. The standard InChI is InChI=1S/C27H9N9/c28-10-13-1-4-16-19(7-13)34-25-22(31-16)26-24(33-17-5-2-14(11-29)8-20(17)35-26)27-23(25)32-18-6-3-15(12-30)9-21(18)36-27/h1-9H. The van der Waals surface area contributed by atoms with E-state index in [4.69, 9.17) is 29.9 Å². The van der Waals surface area contributed by atoms with E-state index in [9.17, 15) is 15.8 Å². The van der Waals surface area contributed by atoms with E-state index in [1.807, 2.05) is 0 Å². The van der Waals surface area contributed by atoms with Crippen molar-refractivity contribution in [2.45, 2.75) is 0 Å². The molecule has 7 aromatic rings. The highest BCUT2D eigenvalue weighted by atomic mass is 14.9. The zero-order chi connectivity index (χ0) is 24.4. The van der Waals surface area contributed by atoms with Crippen molar-refractivity contribution in [3.63, 3.8) is 0 Å². The van der Waals surface area contributed by atoms with Gasteiger partial charge in [0.05, 0.1) is 68.0 Å². The number of nitrogens with zero attached hydrogens (tertiary/aromatic N) is 9. The van der Waals surface area contributed by atoms with Gasteiger partial charge in [-0.1, -0.05) is 0 Å². The van der Waals surface area contributed by atoms with Crippen molar-refractivity contribution in [1.82, 2.24) is 29.9 Å². The molecule has 3 aromatic heterocycles. The van der Waals surface area contributed by atoms with Gasteiger partial charge in [0.1, 0.15) is 33.1 Å². The molecule has 9 nitrogen and oxygen atoms in total. The molecule has 0 aliphatic rings. The summed E-state index contributed by atoms with van der Waals surface area (Å²) >= 11 is 0. The van der Waals surface area contributed by atoms with Gasteiger partial charge in [-0.25, -0.2) is 29.9 Å². The second kappa shape index (κ2) is 7.07. The largest absolute Gasteiger partial charge is 0.242 e. The van der Waals surface area contributed by atoms with Gasteiger partial charge in [0.25, 0.3) is 0 Å². The summed E-state index contributed by atoms with van der Waals surface area (Å²) in [6, 6.07) is 21.7. The van der Waals surface area contributed by atoms with Gasteiger partial charge in [0.15, 0.2) is 0 Å². The van der Waals surface area contributed by atoms with E-state index in [1.54, 1.807) is 54.6 Å². The molecule has 162 valence electrons. The number of hydrogen-bond acceptors (Lipinski definition) is 9. The van der Waals surface area contributed by atoms with Crippen LogP contribution < -0.4 is 0 Å². The second-order valence-corrected chi connectivity index (χ2v) is 8.21. The van der Waals surface area contributed by atoms with Crippen LogP contribution in [0.25, 0.3) is 66.2 Å². The monoisotopic (exact) mass is 459 g/mol. The quantitative estimate of drug-likeness (QED) is 0.234. The summed E-state index contributed by atoms with van der Waals surface area (Å²) in [4.78, 5) is 29.0. The van der Waals surface area contributed by atoms with Gasteiger partial charge in [0.2, 0.25) is 0 Å². The predicted molar refractivity (Wildman–Crippen MR) is 132 cm³/mol. The lowest BCUT2D eigenvalue weighted by atomic mass is 10.1. The third kappa shape index (κ3) is 2.73. The van der Waals surface area contributed by atoms with Crippen molar-refractivity contribution >= 4 is 66.2 Å². The van der Waals surface area contributed by atoms with Gasteiger partial charge in [-0.05, 0) is 54.6 Å². The Balaban J connectivity index is 1.74. The molecular weight excluding hydrogens is 450 g/mol. The van der Waals surface area contributed by atoms with Crippen molar-refractivity contribution in [2.24, 2.45) is 0 Å². The molecule has 36 heavy (non-hydrogen) atoms. The molecule has 3 heterocycles. The van der Waals surface area contributed by atoms with E-state index >= 15 is 0 Å². The molecule has 0 amide bonds. The Kier molecular flexibility index (Phi) is 3.85. The molecule has 9 heteroatoms. The summed E-state index contributed by atoms with van der Waals surface area (Å²) in [5, 5.41) is 28.0. The number of nitriles is 3. The first-order valence-electron chi connectivity index (χ1n) is 10.8. The molecule has 0 unspecified atom stereocenters. The molecular formula is C27H9N9. The van der Waals surface area contributed by atoms with Gasteiger partial charge in [0, 0.05) is 0 Å². The van der Waals surface area contributed by atoms with Crippen LogP contribution in [0.15, 0.2) is 54.6 Å². The van der Waals surface area contributed by atoms with Crippen molar-refractivity contribution in [2.75, 3.05) is 0 Å². The number of aromatic nitrogens is 6. The maximum Gasteiger partial charge on any atom is 0.120 e. The normalized spacial score (nSPS) is 11.2. The van der Waals surface area contributed by atoms with Crippen LogP contribution in [-0.2, 0) is 0 Å². The minimum absolute atomic E-state index is 0.469. The topological polar surface area (TPSA) is 149 Å². The number of rotatable bonds is 0. The minimum atomic E-state index is 0.469. The molecule has 0 radical (unpaired) electrons. The van der Waals surface area contributed by atoms with E-state index < -0.39 is 0 Å². The maximum absolute atomic E-state index is 9.34. The lowest BCUT2D eigenvalue weighted by molar-refractivity contribution is 1.33. The van der Waals surface area contributed by atoms with Crippen molar-refractivity contribution in [1.29, 1.82) is 15.8 Å². The molecule has 0 saturated carbocycles. The van der Waals surface area contributed by atoms with Crippen LogP contribution >= 0.6 is 0 Å². The van der Waals surface area contributed by atoms with Crippen molar-refractivity contribution in [3.8, 4) is 18.2 Å². The zero-order valence-corrected chi connectivity index (χ0v) is 18.2. The second-order valence-electron chi connectivity index (χ2n) is 8.21. The van der Waals surface area contributed by atoms with Crippen LogP contribution in [0.3, 0.4) is 0 Å². The van der Waals surface area contributed by atoms with Gasteiger partial charge in [-0.15, -0.1) is 0 Å². The fourth-order valence-electron chi connectivity index (χ4n) is 4.36. The molecule has 0 N–H and O–H groups in total. The van der Waals surface area contributed by atoms with Crippen LogP contribution in [0.5, 0.6) is 0 Å². The first kappa shape index (κ1) is 19.6. The molecule has 7 rings (SSSR count). The van der Waals surface area contributed by atoms with E-state index in [0.29, 0.717) is 82.9 Å². The fourth-order valence-corrected chi connectivity index (χ4v) is 4.36. The Morgan fingerprint density at radius 1 is 0.361 bits per heavy atom. The van der Waals surface area contributed by atoms with E-state index in [-0.39, 0.29) is 0 Å². The molecule has 0 aliphatic carbocycles. The molecule has 0 atom stereocenters. The summed E-state index contributed by atoms with van der Waals surface area (Å²) in [5.74, 6) is 0. The first-order chi connectivity index (χ1) is 17.6. The number of hydrogen-bond donors (Lipinski definition) is 0. The van der Waals surface area contributed by atoms with E-state index in [1.165, 1.54) is 0 Å². The Morgan fingerprint density at radius 3 is 0.861 bits per heavy atom. The van der Waals surface area contributed by atoms with Gasteiger partial charge >= 0.3 is 0 Å². The summed E-state index contributed by atoms with van der Waals surface area (Å²) in [6.45, 7) is 0. The van der Waals surface area contributed by atoms with Crippen molar-refractivity contribution < 1.29 is 0 Å².